The number of nitro benzene ring substituents is 1. The summed E-state index contributed by atoms with van der Waals surface area (Å²) >= 11 is 0. The molecule has 0 saturated heterocycles. The molecule has 23 heavy (non-hydrogen) atoms. The largest absolute Gasteiger partial charge is 0.493 e. The number of nitrogens with zero attached hydrogens (tertiary/aromatic N) is 2. The lowest BCUT2D eigenvalue weighted by atomic mass is 10.2. The van der Waals surface area contributed by atoms with E-state index in [-0.39, 0.29) is 11.3 Å². The van der Waals surface area contributed by atoms with E-state index in [2.05, 4.69) is 10.5 Å². The number of hydrogen-bond acceptors (Lipinski definition) is 5. The first-order valence-electron chi connectivity index (χ1n) is 6.92. The molecule has 0 heterocycles. The zero-order valence-corrected chi connectivity index (χ0v) is 12.4. The highest BCUT2D eigenvalue weighted by molar-refractivity contribution is 5.98. The second kappa shape index (κ2) is 7.69. The molecule has 0 unspecified atom stereocenters. The van der Waals surface area contributed by atoms with Gasteiger partial charge < -0.3 is 4.74 Å². The number of ether oxygens (including phenoxy) is 1. The minimum Gasteiger partial charge on any atom is -0.493 e. The highest BCUT2D eigenvalue weighted by atomic mass is 16.6. The molecule has 2 aromatic rings. The summed E-state index contributed by atoms with van der Waals surface area (Å²) in [6.45, 7) is 2.37. The lowest BCUT2D eigenvalue weighted by molar-refractivity contribution is -0.385. The molecular weight excluding hydrogens is 298 g/mol. The predicted molar refractivity (Wildman–Crippen MR) is 85.8 cm³/mol. The summed E-state index contributed by atoms with van der Waals surface area (Å²) < 4.78 is 5.44. The van der Waals surface area contributed by atoms with Crippen LogP contribution in [0.3, 0.4) is 0 Å². The molecule has 0 fully saturated rings. The van der Waals surface area contributed by atoms with Gasteiger partial charge in [0.2, 0.25) is 0 Å². The molecule has 0 radical (unpaired) electrons. The van der Waals surface area contributed by atoms with Crippen molar-refractivity contribution in [1.29, 1.82) is 0 Å². The Kier molecular flexibility index (Phi) is 5.40. The van der Waals surface area contributed by atoms with Crippen LogP contribution in [-0.2, 0) is 0 Å². The first-order valence-corrected chi connectivity index (χ1v) is 6.92. The number of rotatable bonds is 6. The zero-order valence-electron chi connectivity index (χ0n) is 12.4. The first-order chi connectivity index (χ1) is 11.1. The molecule has 2 aromatic carbocycles. The fraction of sp³-hybridized carbons (Fsp3) is 0.125. The van der Waals surface area contributed by atoms with Crippen LogP contribution in [0.25, 0.3) is 0 Å². The van der Waals surface area contributed by atoms with E-state index in [1.54, 1.807) is 18.2 Å². The van der Waals surface area contributed by atoms with Gasteiger partial charge in [-0.2, -0.15) is 5.10 Å². The van der Waals surface area contributed by atoms with Gasteiger partial charge in [0, 0.05) is 11.6 Å². The Balaban J connectivity index is 2.12. The highest BCUT2D eigenvalue weighted by Gasteiger charge is 2.18. The van der Waals surface area contributed by atoms with Crippen molar-refractivity contribution >= 4 is 17.8 Å². The number of carbonyl (C=O) groups is 1. The van der Waals surface area contributed by atoms with E-state index in [0.29, 0.717) is 17.9 Å². The maximum atomic E-state index is 12.0. The molecule has 0 aliphatic rings. The number of nitrogens with one attached hydrogen (secondary N) is 1. The van der Waals surface area contributed by atoms with Gasteiger partial charge in [0.15, 0.2) is 0 Å². The Labute approximate surface area is 132 Å². The van der Waals surface area contributed by atoms with Crippen LogP contribution in [-0.4, -0.2) is 23.7 Å². The molecule has 7 nitrogen and oxygen atoms in total. The van der Waals surface area contributed by atoms with Gasteiger partial charge >= 0.3 is 0 Å². The number of carbonyl (C=O) groups excluding carboxylic acids is 1. The minimum absolute atomic E-state index is 0.0484. The Morgan fingerprint density at radius 2 is 1.96 bits per heavy atom. The Morgan fingerprint density at radius 1 is 1.26 bits per heavy atom. The molecule has 0 aliphatic carbocycles. The van der Waals surface area contributed by atoms with Gasteiger partial charge in [-0.3, -0.25) is 14.9 Å². The van der Waals surface area contributed by atoms with E-state index in [9.17, 15) is 14.9 Å². The Morgan fingerprint density at radius 3 is 2.70 bits per heavy atom. The third-order valence-electron chi connectivity index (χ3n) is 2.93. The van der Waals surface area contributed by atoms with Gasteiger partial charge in [-0.25, -0.2) is 5.43 Å². The number of para-hydroxylation sites is 2. The first kappa shape index (κ1) is 16.2. The van der Waals surface area contributed by atoms with Crippen molar-refractivity contribution in [1.82, 2.24) is 5.43 Å². The van der Waals surface area contributed by atoms with Crippen molar-refractivity contribution in [3.05, 3.63) is 69.8 Å². The van der Waals surface area contributed by atoms with Crippen LogP contribution in [0.1, 0.15) is 22.8 Å². The molecule has 0 aliphatic heterocycles. The van der Waals surface area contributed by atoms with Gasteiger partial charge in [-0.15, -0.1) is 0 Å². The third-order valence-corrected chi connectivity index (χ3v) is 2.93. The summed E-state index contributed by atoms with van der Waals surface area (Å²) in [6, 6.07) is 12.9. The van der Waals surface area contributed by atoms with Crippen molar-refractivity contribution < 1.29 is 14.5 Å². The van der Waals surface area contributed by atoms with Crippen LogP contribution in [0, 0.1) is 10.1 Å². The number of hydrogen-bond donors (Lipinski definition) is 1. The van der Waals surface area contributed by atoms with Crippen LogP contribution in [0.5, 0.6) is 5.75 Å². The number of amides is 1. The van der Waals surface area contributed by atoms with E-state index in [1.165, 1.54) is 24.4 Å². The molecule has 0 atom stereocenters. The average molecular weight is 313 g/mol. The number of benzene rings is 2. The van der Waals surface area contributed by atoms with E-state index in [0.717, 1.165) is 0 Å². The molecule has 7 heteroatoms. The third kappa shape index (κ3) is 4.13. The molecule has 0 aromatic heterocycles. The Hall–Kier alpha value is -3.22. The number of nitro groups is 1. The number of hydrazone groups is 1. The van der Waals surface area contributed by atoms with Crippen LogP contribution in [0.15, 0.2) is 53.6 Å². The summed E-state index contributed by atoms with van der Waals surface area (Å²) in [5, 5.41) is 14.7. The summed E-state index contributed by atoms with van der Waals surface area (Å²) in [5.74, 6) is -0.0128. The summed E-state index contributed by atoms with van der Waals surface area (Å²) in [4.78, 5) is 22.3. The van der Waals surface area contributed by atoms with Crippen LogP contribution >= 0.6 is 0 Å². The molecule has 0 bridgehead atoms. The van der Waals surface area contributed by atoms with Crippen molar-refractivity contribution in [2.75, 3.05) is 6.61 Å². The topological polar surface area (TPSA) is 93.8 Å². The fourth-order valence-electron chi connectivity index (χ4n) is 1.92. The quantitative estimate of drug-likeness (QED) is 0.504. The van der Waals surface area contributed by atoms with Gasteiger partial charge in [0.25, 0.3) is 11.6 Å². The summed E-state index contributed by atoms with van der Waals surface area (Å²) in [5.41, 5.74) is 2.66. The van der Waals surface area contributed by atoms with E-state index < -0.39 is 10.8 Å². The van der Waals surface area contributed by atoms with Gasteiger partial charge in [-0.1, -0.05) is 24.3 Å². The summed E-state index contributed by atoms with van der Waals surface area (Å²) in [6.07, 6.45) is 1.43. The van der Waals surface area contributed by atoms with E-state index >= 15 is 0 Å². The molecule has 1 amide bonds. The average Bonchev–Trinajstić information content (AvgIpc) is 2.56. The van der Waals surface area contributed by atoms with Crippen LogP contribution in [0.4, 0.5) is 5.69 Å². The second-order valence-electron chi connectivity index (χ2n) is 4.44. The second-order valence-corrected chi connectivity index (χ2v) is 4.44. The molecular formula is C16H15N3O4. The van der Waals surface area contributed by atoms with Crippen LogP contribution in [0.2, 0.25) is 0 Å². The zero-order chi connectivity index (χ0) is 16.7. The van der Waals surface area contributed by atoms with Crippen molar-refractivity contribution in [2.24, 2.45) is 5.10 Å². The molecule has 0 saturated carbocycles. The predicted octanol–water partition coefficient (Wildman–Crippen LogP) is 2.76. The van der Waals surface area contributed by atoms with Crippen LogP contribution < -0.4 is 10.2 Å². The maximum absolute atomic E-state index is 12.0. The van der Waals surface area contributed by atoms with Gasteiger partial charge in [0.1, 0.15) is 11.3 Å². The van der Waals surface area contributed by atoms with E-state index in [1.807, 2.05) is 19.1 Å². The standard InChI is InChI=1S/C16H15N3O4/c1-2-23-15-10-6-3-7-12(15)11-17-18-16(20)13-8-4-5-9-14(13)19(21)22/h3-11H,2H2,1H3,(H,18,20)/b17-11+. The van der Waals surface area contributed by atoms with Crippen molar-refractivity contribution in [3.63, 3.8) is 0 Å². The van der Waals surface area contributed by atoms with Crippen molar-refractivity contribution in [3.8, 4) is 5.75 Å². The smallest absolute Gasteiger partial charge is 0.282 e. The molecule has 2 rings (SSSR count). The normalized spacial score (nSPS) is 10.5. The minimum atomic E-state index is -0.651. The lowest BCUT2D eigenvalue weighted by Gasteiger charge is -2.06. The van der Waals surface area contributed by atoms with Crippen molar-refractivity contribution in [2.45, 2.75) is 6.92 Å². The van der Waals surface area contributed by atoms with Gasteiger partial charge in [-0.05, 0) is 25.1 Å². The molecule has 0 spiro atoms. The SMILES string of the molecule is CCOc1ccccc1/C=N/NC(=O)c1ccccc1[N+](=O)[O-]. The lowest BCUT2D eigenvalue weighted by Crippen LogP contribution is -2.19. The van der Waals surface area contributed by atoms with Gasteiger partial charge in [0.05, 0.1) is 17.7 Å². The fourth-order valence-corrected chi connectivity index (χ4v) is 1.92. The summed E-state index contributed by atoms with van der Waals surface area (Å²) in [7, 11) is 0. The van der Waals surface area contributed by atoms with E-state index in [4.69, 9.17) is 4.74 Å². The molecule has 1 N–H and O–H groups in total. The Bertz CT molecular complexity index is 744. The monoisotopic (exact) mass is 313 g/mol. The molecule has 118 valence electrons. The highest BCUT2D eigenvalue weighted by Crippen LogP contribution is 2.18. The maximum Gasteiger partial charge on any atom is 0.282 e.